The zero-order valence-electron chi connectivity index (χ0n) is 21.3. The first-order chi connectivity index (χ1) is 18.2. The Hall–Kier alpha value is -4.37. The minimum Gasteiger partial charge on any atom is -0.496 e. The predicted octanol–water partition coefficient (Wildman–Crippen LogP) is 5.35. The average molecular weight is 533 g/mol. The summed E-state index contributed by atoms with van der Waals surface area (Å²) in [5.74, 6) is -0.0385. The molecule has 3 aromatic carbocycles. The summed E-state index contributed by atoms with van der Waals surface area (Å²) < 4.78 is 38.1. The van der Waals surface area contributed by atoms with Gasteiger partial charge in [0.1, 0.15) is 11.5 Å². The van der Waals surface area contributed by atoms with E-state index in [9.17, 15) is 18.0 Å². The molecule has 1 heterocycles. The summed E-state index contributed by atoms with van der Waals surface area (Å²) in [7, 11) is -0.985. The van der Waals surface area contributed by atoms with Crippen molar-refractivity contribution < 1.29 is 27.5 Å². The molecule has 0 fully saturated rings. The Kier molecular flexibility index (Phi) is 7.68. The first-order valence-electron chi connectivity index (χ1n) is 11.9. The first kappa shape index (κ1) is 26.7. The highest BCUT2D eigenvalue weighted by molar-refractivity contribution is 7.90. The third kappa shape index (κ3) is 5.33. The Morgan fingerprint density at radius 2 is 1.63 bits per heavy atom. The van der Waals surface area contributed by atoms with Gasteiger partial charge < -0.3 is 14.5 Å². The van der Waals surface area contributed by atoms with Gasteiger partial charge >= 0.3 is 0 Å². The number of carbonyl (C=O) groups is 2. The van der Waals surface area contributed by atoms with E-state index >= 15 is 0 Å². The molecule has 4 rings (SSSR count). The second-order valence-electron chi connectivity index (χ2n) is 8.63. The summed E-state index contributed by atoms with van der Waals surface area (Å²) in [6, 6.07) is 18.7. The molecule has 1 amide bonds. The van der Waals surface area contributed by atoms with Crippen LogP contribution in [-0.4, -0.2) is 39.3 Å². The highest BCUT2D eigenvalue weighted by Crippen LogP contribution is 2.39. The molecule has 1 aromatic heterocycles. The summed E-state index contributed by atoms with van der Waals surface area (Å²) in [5, 5.41) is 1.03. The van der Waals surface area contributed by atoms with Crippen molar-refractivity contribution in [2.75, 3.05) is 14.2 Å². The van der Waals surface area contributed by atoms with Crippen LogP contribution in [0.15, 0.2) is 78.2 Å². The van der Waals surface area contributed by atoms with Crippen molar-refractivity contribution in [3.63, 3.8) is 0 Å². The van der Waals surface area contributed by atoms with Gasteiger partial charge in [-0.3, -0.25) is 9.59 Å². The van der Waals surface area contributed by atoms with Crippen LogP contribution >= 0.6 is 0 Å². The third-order valence-electron chi connectivity index (χ3n) is 6.09. The molecule has 196 valence electrons. The van der Waals surface area contributed by atoms with Crippen molar-refractivity contribution in [2.45, 2.75) is 24.7 Å². The van der Waals surface area contributed by atoms with Crippen molar-refractivity contribution in [3.8, 4) is 22.8 Å². The zero-order chi connectivity index (χ0) is 27.4. The number of aromatic nitrogens is 1. The number of allylic oxidation sites excluding steroid dienone is 1. The number of para-hydroxylation sites is 1. The number of hydrogen-bond acceptors (Lipinski definition) is 6. The summed E-state index contributed by atoms with van der Waals surface area (Å²) in [4.78, 5) is 28.4. The number of carbonyl (C=O) groups excluding carboxylic acids is 2. The number of nitrogens with one attached hydrogen (secondary N) is 2. The topological polar surface area (TPSA) is 115 Å². The molecule has 0 aliphatic carbocycles. The van der Waals surface area contributed by atoms with E-state index < -0.39 is 21.7 Å². The van der Waals surface area contributed by atoms with Crippen LogP contribution in [0.25, 0.3) is 27.7 Å². The number of fused-ring (bicyclic) bond motifs is 1. The van der Waals surface area contributed by atoms with E-state index in [4.69, 9.17) is 9.47 Å². The maximum atomic E-state index is 13.4. The smallest absolute Gasteiger partial charge is 0.264 e. The first-order valence-corrected chi connectivity index (χ1v) is 13.4. The molecule has 38 heavy (non-hydrogen) atoms. The van der Waals surface area contributed by atoms with Gasteiger partial charge in [-0.2, -0.15) is 0 Å². The second-order valence-corrected chi connectivity index (χ2v) is 10.3. The Morgan fingerprint density at radius 3 is 2.26 bits per heavy atom. The number of Topliss-reactive ketones (excluding diaryl/α,β-unsaturated/α-hetero) is 1. The molecule has 0 radical (unpaired) electrons. The van der Waals surface area contributed by atoms with E-state index in [2.05, 4.69) is 11.6 Å². The second kappa shape index (κ2) is 10.9. The number of sulfonamides is 1. The van der Waals surface area contributed by atoms with E-state index in [-0.39, 0.29) is 22.5 Å². The highest BCUT2D eigenvalue weighted by atomic mass is 32.2. The minimum atomic E-state index is -4.03. The third-order valence-corrected chi connectivity index (χ3v) is 7.48. The predicted molar refractivity (Wildman–Crippen MR) is 147 cm³/mol. The number of methoxy groups -OCH3 is 2. The summed E-state index contributed by atoms with van der Waals surface area (Å²) in [6.45, 7) is 5.80. The van der Waals surface area contributed by atoms with E-state index in [1.807, 2.05) is 35.1 Å². The van der Waals surface area contributed by atoms with E-state index in [1.54, 1.807) is 26.2 Å². The zero-order valence-corrected chi connectivity index (χ0v) is 22.1. The van der Waals surface area contributed by atoms with Crippen LogP contribution in [0.1, 0.15) is 35.7 Å². The number of rotatable bonds is 10. The van der Waals surface area contributed by atoms with Gasteiger partial charge in [0.25, 0.3) is 10.0 Å². The van der Waals surface area contributed by atoms with Crippen molar-refractivity contribution >= 4 is 38.2 Å². The van der Waals surface area contributed by atoms with Crippen LogP contribution in [0.2, 0.25) is 0 Å². The summed E-state index contributed by atoms with van der Waals surface area (Å²) >= 11 is 0. The van der Waals surface area contributed by atoms with Crippen LogP contribution in [-0.2, 0) is 14.8 Å². The molecular weight excluding hydrogens is 504 g/mol. The van der Waals surface area contributed by atoms with Gasteiger partial charge in [0.15, 0.2) is 5.78 Å². The minimum absolute atomic E-state index is 0.0970. The monoisotopic (exact) mass is 532 g/mol. The number of H-pyrrole nitrogens is 1. The lowest BCUT2D eigenvalue weighted by Crippen LogP contribution is -2.30. The summed E-state index contributed by atoms with van der Waals surface area (Å²) in [6.07, 6.45) is 0.619. The molecule has 0 aliphatic rings. The highest BCUT2D eigenvalue weighted by Gasteiger charge is 2.22. The molecule has 8 nitrogen and oxygen atoms in total. The fourth-order valence-corrected chi connectivity index (χ4v) is 5.15. The van der Waals surface area contributed by atoms with Gasteiger partial charge in [-0.25, -0.2) is 13.1 Å². The van der Waals surface area contributed by atoms with Crippen LogP contribution in [0.3, 0.4) is 0 Å². The van der Waals surface area contributed by atoms with Gasteiger partial charge in [-0.05, 0) is 48.9 Å². The van der Waals surface area contributed by atoms with Gasteiger partial charge in [-0.15, -0.1) is 0 Å². The average Bonchev–Trinajstić information content (AvgIpc) is 3.35. The van der Waals surface area contributed by atoms with Crippen molar-refractivity contribution in [2.24, 2.45) is 0 Å². The molecule has 4 aromatic rings. The van der Waals surface area contributed by atoms with Crippen LogP contribution in [0.5, 0.6) is 11.5 Å². The standard InChI is InChI=1S/C29H28N2O6S/c1-5-8-28(32)31-38(34,35)21-13-11-19(12-14-21)29(33)18(2)22-16-23(27(37-4)17-26(22)36-3)25-15-20-9-6-7-10-24(20)30-25/h6-7,9-17,30H,2,5,8H2,1,3-4H3,(H,31,32). The molecule has 0 saturated carbocycles. The number of aromatic amines is 1. The Morgan fingerprint density at radius 1 is 0.947 bits per heavy atom. The molecule has 0 saturated heterocycles. The molecule has 0 atom stereocenters. The molecule has 0 unspecified atom stereocenters. The van der Waals surface area contributed by atoms with E-state index in [1.165, 1.54) is 31.4 Å². The fraction of sp³-hybridized carbons (Fsp3) is 0.172. The van der Waals surface area contributed by atoms with Crippen LogP contribution in [0.4, 0.5) is 0 Å². The van der Waals surface area contributed by atoms with Crippen LogP contribution < -0.4 is 14.2 Å². The largest absolute Gasteiger partial charge is 0.496 e. The lowest BCUT2D eigenvalue weighted by atomic mass is 9.95. The molecular formula is C29H28N2O6S. The Labute approximate surface area is 221 Å². The van der Waals surface area contributed by atoms with E-state index in [0.717, 1.165) is 22.2 Å². The fourth-order valence-electron chi connectivity index (χ4n) is 4.13. The normalized spacial score (nSPS) is 11.2. The number of ether oxygens (including phenoxy) is 2. The summed E-state index contributed by atoms with van der Waals surface area (Å²) in [5.41, 5.74) is 3.34. The number of ketones is 1. The van der Waals surface area contributed by atoms with Crippen LogP contribution in [0, 0.1) is 0 Å². The van der Waals surface area contributed by atoms with Crippen molar-refractivity contribution in [1.29, 1.82) is 0 Å². The Balaban J connectivity index is 1.67. The van der Waals surface area contributed by atoms with E-state index in [0.29, 0.717) is 23.5 Å². The van der Waals surface area contributed by atoms with Gasteiger partial charge in [0, 0.05) is 45.7 Å². The molecule has 0 spiro atoms. The molecule has 0 aliphatic heterocycles. The number of benzene rings is 3. The van der Waals surface area contributed by atoms with Crippen molar-refractivity contribution in [1.82, 2.24) is 9.71 Å². The molecule has 9 heteroatoms. The molecule has 0 bridgehead atoms. The van der Waals surface area contributed by atoms with Gasteiger partial charge in [-0.1, -0.05) is 31.7 Å². The molecule has 2 N–H and O–H groups in total. The number of amides is 1. The Bertz CT molecular complexity index is 1600. The maximum Gasteiger partial charge on any atom is 0.264 e. The SMILES string of the molecule is C=C(C(=O)c1ccc(S(=O)(=O)NC(=O)CCC)cc1)c1cc(-c2cc3ccccc3[nH]2)c(OC)cc1OC. The lowest BCUT2D eigenvalue weighted by Gasteiger charge is -2.16. The lowest BCUT2D eigenvalue weighted by molar-refractivity contribution is -0.119. The maximum absolute atomic E-state index is 13.4. The quantitative estimate of drug-likeness (QED) is 0.210. The van der Waals surface area contributed by atoms with Gasteiger partial charge in [0.05, 0.1) is 24.8 Å². The van der Waals surface area contributed by atoms with Gasteiger partial charge in [0.2, 0.25) is 5.91 Å². The number of hydrogen-bond donors (Lipinski definition) is 2. The van der Waals surface area contributed by atoms with Crippen molar-refractivity contribution in [3.05, 3.63) is 84.4 Å².